The van der Waals surface area contributed by atoms with Crippen molar-refractivity contribution in [2.75, 3.05) is 6.54 Å². The Morgan fingerprint density at radius 3 is 2.80 bits per heavy atom. The Labute approximate surface area is 177 Å². The van der Waals surface area contributed by atoms with Crippen LogP contribution in [0.25, 0.3) is 17.1 Å². The van der Waals surface area contributed by atoms with Crippen molar-refractivity contribution in [1.82, 2.24) is 29.9 Å². The van der Waals surface area contributed by atoms with E-state index in [1.807, 2.05) is 18.2 Å². The van der Waals surface area contributed by atoms with E-state index in [-0.39, 0.29) is 5.91 Å². The van der Waals surface area contributed by atoms with Crippen molar-refractivity contribution in [3.05, 3.63) is 71.6 Å². The van der Waals surface area contributed by atoms with Crippen LogP contribution in [0, 0.1) is 0 Å². The minimum Gasteiger partial charge on any atom is -0.463 e. The lowest BCUT2D eigenvalue weighted by atomic mass is 10.2. The van der Waals surface area contributed by atoms with Crippen LogP contribution in [0.1, 0.15) is 35.2 Å². The normalized spacial score (nSPS) is 13.5. The molecular formula is C21H19ClN6O2. The maximum atomic E-state index is 12.7. The molecule has 1 aliphatic rings. The zero-order valence-electron chi connectivity index (χ0n) is 16.0. The Hall–Kier alpha value is -3.39. The Kier molecular flexibility index (Phi) is 4.84. The number of rotatable bonds is 7. The predicted molar refractivity (Wildman–Crippen MR) is 111 cm³/mol. The zero-order valence-corrected chi connectivity index (χ0v) is 16.8. The fourth-order valence-corrected chi connectivity index (χ4v) is 3.48. The molecule has 1 saturated carbocycles. The van der Waals surface area contributed by atoms with Gasteiger partial charge in [-0.2, -0.15) is 5.10 Å². The van der Waals surface area contributed by atoms with Crippen LogP contribution >= 0.6 is 11.6 Å². The third-order valence-electron chi connectivity index (χ3n) is 5.01. The van der Waals surface area contributed by atoms with E-state index in [0.717, 1.165) is 24.4 Å². The van der Waals surface area contributed by atoms with Gasteiger partial charge in [0.2, 0.25) is 0 Å². The molecule has 0 aliphatic heterocycles. The molecule has 1 aromatic carbocycles. The SMILES string of the molecule is O=C(NCCc1nncn1C1CC1)c1cc(-c2ccco2)n(-c2ccc(Cl)cc2)n1. The second-order valence-corrected chi connectivity index (χ2v) is 7.61. The number of halogens is 1. The van der Waals surface area contributed by atoms with E-state index in [1.165, 1.54) is 0 Å². The van der Waals surface area contributed by atoms with E-state index in [9.17, 15) is 4.79 Å². The minimum atomic E-state index is -0.256. The molecule has 0 radical (unpaired) electrons. The quantitative estimate of drug-likeness (QED) is 0.490. The van der Waals surface area contributed by atoms with Gasteiger partial charge in [0.1, 0.15) is 17.8 Å². The molecule has 0 saturated heterocycles. The molecule has 152 valence electrons. The first-order chi connectivity index (χ1) is 14.7. The van der Waals surface area contributed by atoms with Crippen LogP contribution in [0.2, 0.25) is 5.02 Å². The van der Waals surface area contributed by atoms with Gasteiger partial charge in [-0.05, 0) is 49.2 Å². The number of hydrogen-bond donors (Lipinski definition) is 1. The van der Waals surface area contributed by atoms with E-state index in [0.29, 0.717) is 41.2 Å². The number of nitrogens with zero attached hydrogens (tertiary/aromatic N) is 5. The number of carbonyl (C=O) groups is 1. The maximum Gasteiger partial charge on any atom is 0.271 e. The summed E-state index contributed by atoms with van der Waals surface area (Å²) in [7, 11) is 0. The summed E-state index contributed by atoms with van der Waals surface area (Å²) in [5.41, 5.74) is 1.77. The van der Waals surface area contributed by atoms with Crippen molar-refractivity contribution in [3.63, 3.8) is 0 Å². The van der Waals surface area contributed by atoms with E-state index < -0.39 is 0 Å². The van der Waals surface area contributed by atoms with Crippen LogP contribution in [0.15, 0.2) is 59.5 Å². The van der Waals surface area contributed by atoms with Crippen molar-refractivity contribution >= 4 is 17.5 Å². The third kappa shape index (κ3) is 3.73. The summed E-state index contributed by atoms with van der Waals surface area (Å²) < 4.78 is 9.30. The molecule has 1 N–H and O–H groups in total. The average molecular weight is 423 g/mol. The van der Waals surface area contributed by atoms with Crippen LogP contribution in [-0.4, -0.2) is 37.0 Å². The van der Waals surface area contributed by atoms with Crippen molar-refractivity contribution in [2.45, 2.75) is 25.3 Å². The highest BCUT2D eigenvalue weighted by atomic mass is 35.5. The van der Waals surface area contributed by atoms with Gasteiger partial charge in [0, 0.05) is 30.1 Å². The van der Waals surface area contributed by atoms with Crippen molar-refractivity contribution < 1.29 is 9.21 Å². The fourth-order valence-electron chi connectivity index (χ4n) is 3.35. The van der Waals surface area contributed by atoms with Gasteiger partial charge in [-0.1, -0.05) is 11.6 Å². The summed E-state index contributed by atoms with van der Waals surface area (Å²) in [4.78, 5) is 12.7. The number of carbonyl (C=O) groups excluding carboxylic acids is 1. The van der Waals surface area contributed by atoms with Crippen molar-refractivity contribution in [1.29, 1.82) is 0 Å². The lowest BCUT2D eigenvalue weighted by molar-refractivity contribution is 0.0948. The Bertz CT molecular complexity index is 1160. The first-order valence-corrected chi connectivity index (χ1v) is 10.1. The minimum absolute atomic E-state index is 0.256. The molecule has 0 atom stereocenters. The lowest BCUT2D eigenvalue weighted by Crippen LogP contribution is -2.27. The number of furan rings is 1. The van der Waals surface area contributed by atoms with Gasteiger partial charge >= 0.3 is 0 Å². The van der Waals surface area contributed by atoms with Crippen LogP contribution in [0.3, 0.4) is 0 Å². The first kappa shape index (κ1) is 18.6. The second-order valence-electron chi connectivity index (χ2n) is 7.17. The van der Waals surface area contributed by atoms with Gasteiger partial charge in [0.15, 0.2) is 11.5 Å². The number of hydrogen-bond acceptors (Lipinski definition) is 5. The standard InChI is InChI=1S/C21H19ClN6O2/c22-14-3-5-16(6-4-14)28-18(19-2-1-11-30-19)12-17(26-28)21(29)23-10-9-20-25-24-13-27(20)15-7-8-15/h1-6,11-13,15H,7-10H2,(H,23,29). The zero-order chi connectivity index (χ0) is 20.5. The average Bonchev–Trinajstić information content (AvgIpc) is 3.16. The predicted octanol–water partition coefficient (Wildman–Crippen LogP) is 3.68. The topological polar surface area (TPSA) is 90.8 Å². The van der Waals surface area contributed by atoms with Crippen LogP contribution in [0.4, 0.5) is 0 Å². The molecule has 3 aromatic heterocycles. The molecule has 9 heteroatoms. The van der Waals surface area contributed by atoms with Gasteiger partial charge < -0.3 is 14.3 Å². The molecular weight excluding hydrogens is 404 g/mol. The van der Waals surface area contributed by atoms with Gasteiger partial charge in [-0.3, -0.25) is 4.79 Å². The summed E-state index contributed by atoms with van der Waals surface area (Å²) in [5, 5.41) is 16.2. The monoisotopic (exact) mass is 422 g/mol. The Morgan fingerprint density at radius 1 is 1.23 bits per heavy atom. The molecule has 1 fully saturated rings. The molecule has 0 bridgehead atoms. The highest BCUT2D eigenvalue weighted by Gasteiger charge is 2.26. The van der Waals surface area contributed by atoms with Crippen LogP contribution in [-0.2, 0) is 6.42 Å². The molecule has 4 aromatic rings. The second kappa shape index (κ2) is 7.79. The van der Waals surface area contributed by atoms with Gasteiger partial charge in [0.25, 0.3) is 5.91 Å². The summed E-state index contributed by atoms with van der Waals surface area (Å²) in [5.74, 6) is 1.25. The molecule has 5 rings (SSSR count). The molecule has 3 heterocycles. The molecule has 30 heavy (non-hydrogen) atoms. The molecule has 8 nitrogen and oxygen atoms in total. The smallest absolute Gasteiger partial charge is 0.271 e. The highest BCUT2D eigenvalue weighted by Crippen LogP contribution is 2.35. The maximum absolute atomic E-state index is 12.7. The summed E-state index contributed by atoms with van der Waals surface area (Å²) in [6.07, 6.45) is 6.29. The Balaban J connectivity index is 1.34. The Morgan fingerprint density at radius 2 is 2.07 bits per heavy atom. The summed E-state index contributed by atoms with van der Waals surface area (Å²) in [6, 6.07) is 13.1. The third-order valence-corrected chi connectivity index (χ3v) is 5.26. The molecule has 0 spiro atoms. The van der Waals surface area contributed by atoms with Crippen LogP contribution < -0.4 is 5.32 Å². The number of aromatic nitrogens is 5. The number of nitrogens with one attached hydrogen (secondary N) is 1. The van der Waals surface area contributed by atoms with E-state index in [2.05, 4.69) is 25.2 Å². The summed E-state index contributed by atoms with van der Waals surface area (Å²) in [6.45, 7) is 0.453. The highest BCUT2D eigenvalue weighted by molar-refractivity contribution is 6.30. The molecule has 0 unspecified atom stereocenters. The van der Waals surface area contributed by atoms with Crippen LogP contribution in [0.5, 0.6) is 0 Å². The molecule has 1 amide bonds. The van der Waals surface area contributed by atoms with Gasteiger partial charge in [-0.25, -0.2) is 4.68 Å². The van der Waals surface area contributed by atoms with E-state index in [4.69, 9.17) is 16.0 Å². The van der Waals surface area contributed by atoms with E-state index >= 15 is 0 Å². The fraction of sp³-hybridized carbons (Fsp3) is 0.238. The van der Waals surface area contributed by atoms with Gasteiger partial charge in [-0.15, -0.1) is 10.2 Å². The number of amides is 1. The van der Waals surface area contributed by atoms with Gasteiger partial charge in [0.05, 0.1) is 12.0 Å². The van der Waals surface area contributed by atoms with Crippen molar-refractivity contribution in [2.24, 2.45) is 0 Å². The van der Waals surface area contributed by atoms with E-state index in [1.54, 1.807) is 41.5 Å². The largest absolute Gasteiger partial charge is 0.463 e. The summed E-state index contributed by atoms with van der Waals surface area (Å²) >= 11 is 6.00. The number of benzene rings is 1. The molecule has 1 aliphatic carbocycles. The first-order valence-electron chi connectivity index (χ1n) is 9.75. The lowest BCUT2D eigenvalue weighted by Gasteiger charge is -2.06. The van der Waals surface area contributed by atoms with Crippen molar-refractivity contribution in [3.8, 4) is 17.1 Å².